The quantitative estimate of drug-likeness (QED) is 0.784. The number of aliphatic hydroxyl groups is 1. The van der Waals surface area contributed by atoms with Crippen molar-refractivity contribution in [1.29, 1.82) is 0 Å². The maximum Gasteiger partial charge on any atom is 0.244 e. The molecule has 0 radical (unpaired) electrons. The van der Waals surface area contributed by atoms with Gasteiger partial charge in [0.05, 0.1) is 7.11 Å². The fourth-order valence-corrected chi connectivity index (χ4v) is 1.53. The summed E-state index contributed by atoms with van der Waals surface area (Å²) < 4.78 is 18.3. The van der Waals surface area contributed by atoms with Gasteiger partial charge in [0.25, 0.3) is 0 Å². The molecule has 0 aliphatic carbocycles. The van der Waals surface area contributed by atoms with Crippen LogP contribution in [0.2, 0.25) is 0 Å². The van der Waals surface area contributed by atoms with Gasteiger partial charge in [0.1, 0.15) is 0 Å². The predicted octanol–water partition coefficient (Wildman–Crippen LogP) is 1.98. The maximum atomic E-state index is 13.4. The minimum Gasteiger partial charge on any atom is -0.494 e. The summed E-state index contributed by atoms with van der Waals surface area (Å²) in [5.74, 6) is -0.617. The van der Waals surface area contributed by atoms with E-state index in [1.54, 1.807) is 6.07 Å². The van der Waals surface area contributed by atoms with E-state index in [4.69, 9.17) is 9.84 Å². The summed E-state index contributed by atoms with van der Waals surface area (Å²) in [7, 11) is 1.39. The molecule has 110 valence electrons. The molecule has 5 heteroatoms. The highest BCUT2D eigenvalue weighted by atomic mass is 19.1. The van der Waals surface area contributed by atoms with Crippen LogP contribution in [0.15, 0.2) is 24.3 Å². The second-order valence-corrected chi connectivity index (χ2v) is 4.68. The lowest BCUT2D eigenvalue weighted by Crippen LogP contribution is -2.37. The number of nitrogens with one attached hydrogen (secondary N) is 1. The predicted molar refractivity (Wildman–Crippen MR) is 75.8 cm³/mol. The zero-order chi connectivity index (χ0) is 15.1. The molecule has 0 saturated carbocycles. The Balaban J connectivity index is 2.63. The van der Waals surface area contributed by atoms with E-state index in [9.17, 15) is 9.18 Å². The van der Waals surface area contributed by atoms with Crippen LogP contribution in [0.3, 0.4) is 0 Å². The van der Waals surface area contributed by atoms with Crippen molar-refractivity contribution in [3.63, 3.8) is 0 Å². The molecule has 0 aliphatic rings. The SMILES string of the molecule is COc1ccc(/C=C/C(=O)NC(C)C(C)CO)cc1F. The van der Waals surface area contributed by atoms with E-state index in [2.05, 4.69) is 5.32 Å². The van der Waals surface area contributed by atoms with Gasteiger partial charge >= 0.3 is 0 Å². The average molecular weight is 281 g/mol. The number of hydrogen-bond donors (Lipinski definition) is 2. The Morgan fingerprint density at radius 3 is 2.75 bits per heavy atom. The highest BCUT2D eigenvalue weighted by molar-refractivity contribution is 5.91. The molecule has 1 amide bonds. The van der Waals surface area contributed by atoms with E-state index < -0.39 is 5.82 Å². The number of ether oxygens (including phenoxy) is 1. The molecular weight excluding hydrogens is 261 g/mol. The molecule has 0 fully saturated rings. The summed E-state index contributed by atoms with van der Waals surface area (Å²) in [4.78, 5) is 11.7. The summed E-state index contributed by atoms with van der Waals surface area (Å²) in [5, 5.41) is 11.7. The van der Waals surface area contributed by atoms with Gasteiger partial charge in [-0.25, -0.2) is 4.39 Å². The van der Waals surface area contributed by atoms with Crippen LogP contribution in [0, 0.1) is 11.7 Å². The van der Waals surface area contributed by atoms with Gasteiger partial charge in [-0.1, -0.05) is 13.0 Å². The van der Waals surface area contributed by atoms with E-state index in [0.29, 0.717) is 5.56 Å². The highest BCUT2D eigenvalue weighted by Gasteiger charge is 2.12. The van der Waals surface area contributed by atoms with Gasteiger partial charge in [-0.3, -0.25) is 4.79 Å². The van der Waals surface area contributed by atoms with Crippen LogP contribution in [-0.2, 0) is 4.79 Å². The molecule has 0 heterocycles. The summed E-state index contributed by atoms with van der Waals surface area (Å²) in [6.07, 6.45) is 2.86. The fourth-order valence-electron chi connectivity index (χ4n) is 1.53. The van der Waals surface area contributed by atoms with Crippen molar-refractivity contribution >= 4 is 12.0 Å². The smallest absolute Gasteiger partial charge is 0.244 e. The molecule has 2 N–H and O–H groups in total. The molecule has 0 bridgehead atoms. The van der Waals surface area contributed by atoms with E-state index in [1.807, 2.05) is 13.8 Å². The van der Waals surface area contributed by atoms with Gasteiger partial charge in [0, 0.05) is 18.7 Å². The van der Waals surface area contributed by atoms with Crippen molar-refractivity contribution in [2.45, 2.75) is 19.9 Å². The van der Waals surface area contributed by atoms with Crippen molar-refractivity contribution in [3.8, 4) is 5.75 Å². The van der Waals surface area contributed by atoms with Gasteiger partial charge in [-0.2, -0.15) is 0 Å². The largest absolute Gasteiger partial charge is 0.494 e. The lowest BCUT2D eigenvalue weighted by Gasteiger charge is -2.18. The van der Waals surface area contributed by atoms with Crippen LogP contribution in [0.25, 0.3) is 6.08 Å². The third-order valence-corrected chi connectivity index (χ3v) is 3.11. The first-order valence-electron chi connectivity index (χ1n) is 6.41. The molecule has 2 unspecified atom stereocenters. The van der Waals surface area contributed by atoms with E-state index in [-0.39, 0.29) is 30.2 Å². The summed E-state index contributed by atoms with van der Waals surface area (Å²) in [6, 6.07) is 4.32. The molecule has 1 rings (SSSR count). The first kappa shape index (κ1) is 16.2. The molecular formula is C15H20FNO3. The van der Waals surface area contributed by atoms with E-state index in [0.717, 1.165) is 0 Å². The molecule has 1 aromatic carbocycles. The molecule has 1 aromatic rings. The number of benzene rings is 1. The second-order valence-electron chi connectivity index (χ2n) is 4.68. The summed E-state index contributed by atoms with van der Waals surface area (Å²) in [6.45, 7) is 3.67. The van der Waals surface area contributed by atoms with Crippen LogP contribution in [0.4, 0.5) is 4.39 Å². The number of halogens is 1. The monoisotopic (exact) mass is 281 g/mol. The first-order chi connectivity index (χ1) is 9.47. The summed E-state index contributed by atoms with van der Waals surface area (Å²) >= 11 is 0. The number of hydrogen-bond acceptors (Lipinski definition) is 3. The van der Waals surface area contributed by atoms with Crippen molar-refractivity contribution in [2.75, 3.05) is 13.7 Å². The first-order valence-corrected chi connectivity index (χ1v) is 6.41. The minimum atomic E-state index is -0.475. The fraction of sp³-hybridized carbons (Fsp3) is 0.400. The Kier molecular flexibility index (Phi) is 6.18. The lowest BCUT2D eigenvalue weighted by atomic mass is 10.1. The molecule has 0 aromatic heterocycles. The standard InChI is InChI=1S/C15H20FNO3/c1-10(9-18)11(2)17-15(19)7-5-12-4-6-14(20-3)13(16)8-12/h4-8,10-11,18H,9H2,1-3H3,(H,17,19)/b7-5+. The van der Waals surface area contributed by atoms with Gasteiger partial charge < -0.3 is 15.2 Å². The van der Waals surface area contributed by atoms with Crippen LogP contribution in [-0.4, -0.2) is 30.8 Å². The van der Waals surface area contributed by atoms with Crippen molar-refractivity contribution in [3.05, 3.63) is 35.7 Å². The van der Waals surface area contributed by atoms with Crippen LogP contribution < -0.4 is 10.1 Å². The number of rotatable bonds is 6. The van der Waals surface area contributed by atoms with E-state index in [1.165, 1.54) is 31.4 Å². The summed E-state index contributed by atoms with van der Waals surface area (Å²) in [5.41, 5.74) is 0.571. The Labute approximate surface area is 118 Å². The maximum absolute atomic E-state index is 13.4. The Morgan fingerprint density at radius 2 is 2.20 bits per heavy atom. The molecule has 2 atom stereocenters. The number of methoxy groups -OCH3 is 1. The Hall–Kier alpha value is -1.88. The Bertz CT molecular complexity index is 488. The number of carbonyl (C=O) groups excluding carboxylic acids is 1. The van der Waals surface area contributed by atoms with E-state index >= 15 is 0 Å². The zero-order valence-corrected chi connectivity index (χ0v) is 11.9. The van der Waals surface area contributed by atoms with Crippen LogP contribution in [0.5, 0.6) is 5.75 Å². The zero-order valence-electron chi connectivity index (χ0n) is 11.9. The van der Waals surface area contributed by atoms with Crippen molar-refractivity contribution in [2.24, 2.45) is 5.92 Å². The lowest BCUT2D eigenvalue weighted by molar-refractivity contribution is -0.117. The van der Waals surface area contributed by atoms with Crippen LogP contribution in [0.1, 0.15) is 19.4 Å². The second kappa shape index (κ2) is 7.65. The third-order valence-electron chi connectivity index (χ3n) is 3.11. The minimum absolute atomic E-state index is 0.00878. The molecule has 20 heavy (non-hydrogen) atoms. The van der Waals surface area contributed by atoms with Crippen molar-refractivity contribution in [1.82, 2.24) is 5.32 Å². The van der Waals surface area contributed by atoms with Crippen molar-refractivity contribution < 1.29 is 19.0 Å². The van der Waals surface area contributed by atoms with Gasteiger partial charge in [-0.15, -0.1) is 0 Å². The molecule has 0 aliphatic heterocycles. The number of aliphatic hydroxyl groups excluding tert-OH is 1. The molecule has 0 saturated heterocycles. The van der Waals surface area contributed by atoms with Gasteiger partial charge in [0.2, 0.25) is 5.91 Å². The Morgan fingerprint density at radius 1 is 1.50 bits per heavy atom. The number of carbonyl (C=O) groups is 1. The average Bonchev–Trinajstić information content (AvgIpc) is 2.44. The van der Waals surface area contributed by atoms with Gasteiger partial charge in [0.15, 0.2) is 11.6 Å². The molecule has 0 spiro atoms. The third kappa shape index (κ3) is 4.66. The molecule has 4 nitrogen and oxygen atoms in total. The highest BCUT2D eigenvalue weighted by Crippen LogP contribution is 2.18. The number of amides is 1. The van der Waals surface area contributed by atoms with Crippen LogP contribution >= 0.6 is 0 Å². The van der Waals surface area contributed by atoms with Gasteiger partial charge in [-0.05, 0) is 36.6 Å². The topological polar surface area (TPSA) is 58.6 Å². The normalized spacial score (nSPS) is 14.1.